The van der Waals surface area contributed by atoms with Crippen LogP contribution in [0.4, 0.5) is 0 Å². The molecule has 1 aliphatic rings. The highest BCUT2D eigenvalue weighted by molar-refractivity contribution is 7.10. The van der Waals surface area contributed by atoms with Crippen LogP contribution in [0.1, 0.15) is 10.6 Å². The molecule has 4 rings (SSSR count). The van der Waals surface area contributed by atoms with Gasteiger partial charge in [0, 0.05) is 16.6 Å². The minimum Gasteiger partial charge on any atom is -0.303 e. The van der Waals surface area contributed by atoms with Crippen LogP contribution in [-0.2, 0) is 12.8 Å². The van der Waals surface area contributed by atoms with E-state index in [1.165, 1.54) is 21.8 Å². The maximum absolute atomic E-state index is 4.74. The van der Waals surface area contributed by atoms with Gasteiger partial charge in [0.2, 0.25) is 0 Å². The lowest BCUT2D eigenvalue weighted by Crippen LogP contribution is -2.02. The Morgan fingerprint density at radius 1 is 1.19 bits per heavy atom. The van der Waals surface area contributed by atoms with Gasteiger partial charge in [-0.1, -0.05) is 6.07 Å². The summed E-state index contributed by atoms with van der Waals surface area (Å²) in [7, 11) is 0. The highest BCUT2D eigenvalue weighted by Gasteiger charge is 2.21. The Labute approximate surface area is 97.2 Å². The Morgan fingerprint density at radius 3 is 3.19 bits per heavy atom. The molecule has 3 heterocycles. The molecular weight excluding hydrogens is 216 g/mol. The van der Waals surface area contributed by atoms with Crippen LogP contribution in [0.25, 0.3) is 16.9 Å². The van der Waals surface area contributed by atoms with Crippen LogP contribution in [0.2, 0.25) is 0 Å². The Balaban J connectivity index is 2.13. The van der Waals surface area contributed by atoms with Crippen LogP contribution >= 0.6 is 11.3 Å². The van der Waals surface area contributed by atoms with E-state index in [2.05, 4.69) is 34.2 Å². The summed E-state index contributed by atoms with van der Waals surface area (Å²) in [6.45, 7) is 0. The van der Waals surface area contributed by atoms with Gasteiger partial charge < -0.3 is 4.40 Å². The molecule has 0 amide bonds. The van der Waals surface area contributed by atoms with E-state index in [0.29, 0.717) is 0 Å². The number of pyridine rings is 1. The molecule has 0 saturated carbocycles. The molecule has 0 atom stereocenters. The summed E-state index contributed by atoms with van der Waals surface area (Å²) >= 11 is 1.85. The lowest BCUT2D eigenvalue weighted by Gasteiger charge is -2.11. The zero-order valence-corrected chi connectivity index (χ0v) is 9.50. The lowest BCUT2D eigenvalue weighted by atomic mass is 10.0. The van der Waals surface area contributed by atoms with Gasteiger partial charge in [-0.25, -0.2) is 4.98 Å². The second-order valence-electron chi connectivity index (χ2n) is 4.09. The first-order valence-electron chi connectivity index (χ1n) is 5.46. The number of hydrogen-bond acceptors (Lipinski definition) is 2. The van der Waals surface area contributed by atoms with E-state index in [1.54, 1.807) is 0 Å². The van der Waals surface area contributed by atoms with Crippen LogP contribution in [0.5, 0.6) is 0 Å². The number of thiophene rings is 1. The standard InChI is InChI=1S/C13H10N2S/c1-2-7-15-10-4-5-11-9(6-8-16-11)13(10)14-12(15)3-1/h1-3,6-8H,4-5H2. The summed E-state index contributed by atoms with van der Waals surface area (Å²) in [5.41, 5.74) is 4.96. The smallest absolute Gasteiger partial charge is 0.137 e. The van der Waals surface area contributed by atoms with Crippen molar-refractivity contribution in [3.8, 4) is 11.3 Å². The summed E-state index contributed by atoms with van der Waals surface area (Å²) in [5, 5.41) is 2.17. The average Bonchev–Trinajstić information content (AvgIpc) is 2.92. The molecule has 2 nitrogen and oxygen atoms in total. The van der Waals surface area contributed by atoms with Crippen LogP contribution in [0.15, 0.2) is 35.8 Å². The number of fused-ring (bicyclic) bond motifs is 5. The molecule has 0 radical (unpaired) electrons. The van der Waals surface area contributed by atoms with Crippen molar-refractivity contribution >= 4 is 17.0 Å². The highest BCUT2D eigenvalue weighted by atomic mass is 32.1. The lowest BCUT2D eigenvalue weighted by molar-refractivity contribution is 0.895. The first-order chi connectivity index (χ1) is 7.93. The van der Waals surface area contributed by atoms with Crippen molar-refractivity contribution < 1.29 is 0 Å². The van der Waals surface area contributed by atoms with E-state index in [9.17, 15) is 0 Å². The van der Waals surface area contributed by atoms with E-state index in [0.717, 1.165) is 18.5 Å². The molecule has 3 aromatic rings. The van der Waals surface area contributed by atoms with Crippen molar-refractivity contribution in [1.82, 2.24) is 9.38 Å². The predicted molar refractivity (Wildman–Crippen MR) is 65.9 cm³/mol. The van der Waals surface area contributed by atoms with Crippen molar-refractivity contribution in [2.45, 2.75) is 12.8 Å². The summed E-state index contributed by atoms with van der Waals surface area (Å²) in [4.78, 5) is 6.22. The highest BCUT2D eigenvalue weighted by Crippen LogP contribution is 2.36. The van der Waals surface area contributed by atoms with Crippen LogP contribution in [0.3, 0.4) is 0 Å². The Morgan fingerprint density at radius 2 is 2.19 bits per heavy atom. The Bertz CT molecular complexity index is 678. The van der Waals surface area contributed by atoms with Gasteiger partial charge in [-0.2, -0.15) is 0 Å². The number of aryl methyl sites for hydroxylation is 2. The fraction of sp³-hybridized carbons (Fsp3) is 0.154. The Hall–Kier alpha value is -1.61. The number of hydrogen-bond donors (Lipinski definition) is 0. The number of imidazole rings is 1. The second-order valence-corrected chi connectivity index (χ2v) is 5.09. The average molecular weight is 226 g/mol. The molecule has 3 aromatic heterocycles. The van der Waals surface area contributed by atoms with E-state index in [-0.39, 0.29) is 0 Å². The second kappa shape index (κ2) is 2.95. The minimum atomic E-state index is 1.06. The molecule has 0 unspecified atom stereocenters. The summed E-state index contributed by atoms with van der Waals surface area (Å²) < 4.78 is 2.22. The predicted octanol–water partition coefficient (Wildman–Crippen LogP) is 3.16. The molecule has 1 aliphatic carbocycles. The molecule has 0 aliphatic heterocycles. The third-order valence-corrected chi connectivity index (χ3v) is 4.20. The van der Waals surface area contributed by atoms with Gasteiger partial charge in [0.05, 0.1) is 11.4 Å². The fourth-order valence-electron chi connectivity index (χ4n) is 2.48. The number of nitrogens with zero attached hydrogens (tertiary/aromatic N) is 2. The first kappa shape index (κ1) is 8.53. The molecule has 0 spiro atoms. The zero-order valence-electron chi connectivity index (χ0n) is 8.68. The maximum Gasteiger partial charge on any atom is 0.137 e. The van der Waals surface area contributed by atoms with E-state index in [4.69, 9.17) is 4.98 Å². The Kier molecular flexibility index (Phi) is 1.57. The van der Waals surface area contributed by atoms with Gasteiger partial charge in [0.1, 0.15) is 5.65 Å². The largest absolute Gasteiger partial charge is 0.303 e. The van der Waals surface area contributed by atoms with Crippen LogP contribution in [-0.4, -0.2) is 9.38 Å². The van der Waals surface area contributed by atoms with Crippen molar-refractivity contribution in [3.05, 3.63) is 46.4 Å². The third kappa shape index (κ3) is 0.985. The molecule has 3 heteroatoms. The molecule has 0 N–H and O–H groups in total. The fourth-order valence-corrected chi connectivity index (χ4v) is 3.36. The van der Waals surface area contributed by atoms with E-state index >= 15 is 0 Å². The van der Waals surface area contributed by atoms with Crippen molar-refractivity contribution in [2.75, 3.05) is 0 Å². The quantitative estimate of drug-likeness (QED) is 0.575. The number of aromatic nitrogens is 2. The molecular formula is C13H10N2S. The summed E-state index contributed by atoms with van der Waals surface area (Å²) in [6.07, 6.45) is 4.37. The topological polar surface area (TPSA) is 17.3 Å². The van der Waals surface area contributed by atoms with Crippen LogP contribution in [0, 0.1) is 0 Å². The van der Waals surface area contributed by atoms with Gasteiger partial charge >= 0.3 is 0 Å². The van der Waals surface area contributed by atoms with Gasteiger partial charge in [-0.15, -0.1) is 11.3 Å². The van der Waals surface area contributed by atoms with Gasteiger partial charge in [0.25, 0.3) is 0 Å². The van der Waals surface area contributed by atoms with Crippen molar-refractivity contribution in [3.63, 3.8) is 0 Å². The minimum absolute atomic E-state index is 1.06. The zero-order chi connectivity index (χ0) is 10.5. The van der Waals surface area contributed by atoms with Crippen molar-refractivity contribution in [1.29, 1.82) is 0 Å². The molecule has 0 bridgehead atoms. The third-order valence-electron chi connectivity index (χ3n) is 3.22. The summed E-state index contributed by atoms with van der Waals surface area (Å²) in [5.74, 6) is 0. The molecule has 0 aromatic carbocycles. The van der Waals surface area contributed by atoms with Crippen molar-refractivity contribution in [2.24, 2.45) is 0 Å². The summed E-state index contributed by atoms with van der Waals surface area (Å²) in [6, 6.07) is 8.38. The number of rotatable bonds is 0. The molecule has 16 heavy (non-hydrogen) atoms. The SMILES string of the molecule is c1ccn2c3c(nc2c1)-c1ccsc1CC3. The molecule has 0 saturated heterocycles. The van der Waals surface area contributed by atoms with Gasteiger partial charge in [0.15, 0.2) is 0 Å². The van der Waals surface area contributed by atoms with Crippen LogP contribution < -0.4 is 0 Å². The van der Waals surface area contributed by atoms with E-state index < -0.39 is 0 Å². The molecule has 78 valence electrons. The van der Waals surface area contributed by atoms with E-state index in [1.807, 2.05) is 17.4 Å². The van der Waals surface area contributed by atoms with Gasteiger partial charge in [-0.3, -0.25) is 0 Å². The normalized spacial score (nSPS) is 13.8. The van der Waals surface area contributed by atoms with Gasteiger partial charge in [-0.05, 0) is 36.4 Å². The molecule has 0 fully saturated rings. The maximum atomic E-state index is 4.74. The monoisotopic (exact) mass is 226 g/mol. The first-order valence-corrected chi connectivity index (χ1v) is 6.34.